The van der Waals surface area contributed by atoms with E-state index < -0.39 is 0 Å². The van der Waals surface area contributed by atoms with Gasteiger partial charge in [-0.2, -0.15) is 0 Å². The van der Waals surface area contributed by atoms with E-state index in [1.165, 1.54) is 54.6 Å². The summed E-state index contributed by atoms with van der Waals surface area (Å²) in [5.41, 5.74) is 11.7. The highest BCUT2D eigenvalue weighted by atomic mass is 16.1. The number of aryl methyl sites for hydroxylation is 2. The lowest BCUT2D eigenvalue weighted by Gasteiger charge is -2.32. The van der Waals surface area contributed by atoms with E-state index in [1.54, 1.807) is 0 Å². The molecule has 2 aromatic carbocycles. The molecule has 0 aliphatic carbocycles. The monoisotopic (exact) mass is 392 g/mol. The standard InChI is InChI=1S/C26H36N2O/c1-20-6-9-23(10-7-20)19-28-16-13-22(14-17-28)4-3-5-26(29)25-11-8-21(2)24(18-25)12-15-27/h6-11,18,22H,3-5,12-17,19,27H2,1-2H3. The number of carbonyl (C=O) groups excluding carboxylic acids is 1. The Hall–Kier alpha value is -1.97. The SMILES string of the molecule is Cc1ccc(CN2CCC(CCCC(=O)c3ccc(C)c(CCN)c3)CC2)cc1. The summed E-state index contributed by atoms with van der Waals surface area (Å²) in [6.45, 7) is 8.26. The molecule has 0 spiro atoms. The summed E-state index contributed by atoms with van der Waals surface area (Å²) >= 11 is 0. The first-order chi connectivity index (χ1) is 14.0. The van der Waals surface area contributed by atoms with E-state index in [4.69, 9.17) is 5.73 Å². The Bertz CT molecular complexity index is 789. The fraction of sp³-hybridized carbons (Fsp3) is 0.500. The topological polar surface area (TPSA) is 46.3 Å². The van der Waals surface area contributed by atoms with Crippen LogP contribution in [0.4, 0.5) is 0 Å². The van der Waals surface area contributed by atoms with Crippen LogP contribution in [0.1, 0.15) is 64.7 Å². The molecule has 3 rings (SSSR count). The van der Waals surface area contributed by atoms with Gasteiger partial charge >= 0.3 is 0 Å². The molecule has 156 valence electrons. The zero-order valence-corrected chi connectivity index (χ0v) is 18.1. The van der Waals surface area contributed by atoms with Crippen LogP contribution in [0.3, 0.4) is 0 Å². The zero-order chi connectivity index (χ0) is 20.6. The van der Waals surface area contributed by atoms with Gasteiger partial charge in [0.15, 0.2) is 5.78 Å². The number of nitrogens with two attached hydrogens (primary N) is 1. The number of hydrogen-bond acceptors (Lipinski definition) is 3. The van der Waals surface area contributed by atoms with Crippen LogP contribution in [-0.4, -0.2) is 30.3 Å². The van der Waals surface area contributed by atoms with Crippen LogP contribution < -0.4 is 5.73 Å². The normalized spacial score (nSPS) is 15.6. The Morgan fingerprint density at radius 1 is 1.07 bits per heavy atom. The fourth-order valence-corrected chi connectivity index (χ4v) is 4.35. The van der Waals surface area contributed by atoms with Gasteiger partial charge in [-0.3, -0.25) is 9.69 Å². The van der Waals surface area contributed by atoms with Gasteiger partial charge in [0, 0.05) is 18.5 Å². The van der Waals surface area contributed by atoms with Crippen molar-refractivity contribution in [3.63, 3.8) is 0 Å². The van der Waals surface area contributed by atoms with E-state index in [-0.39, 0.29) is 5.78 Å². The van der Waals surface area contributed by atoms with E-state index in [2.05, 4.69) is 49.1 Å². The summed E-state index contributed by atoms with van der Waals surface area (Å²) < 4.78 is 0. The Morgan fingerprint density at radius 2 is 1.79 bits per heavy atom. The highest BCUT2D eigenvalue weighted by Gasteiger charge is 2.19. The summed E-state index contributed by atoms with van der Waals surface area (Å²) in [7, 11) is 0. The molecular weight excluding hydrogens is 356 g/mol. The van der Waals surface area contributed by atoms with Gasteiger partial charge in [-0.15, -0.1) is 0 Å². The molecule has 1 fully saturated rings. The first kappa shape index (κ1) is 21.7. The molecule has 2 N–H and O–H groups in total. The summed E-state index contributed by atoms with van der Waals surface area (Å²) in [4.78, 5) is 15.2. The number of ketones is 1. The summed E-state index contributed by atoms with van der Waals surface area (Å²) in [6, 6.07) is 15.0. The maximum absolute atomic E-state index is 12.6. The summed E-state index contributed by atoms with van der Waals surface area (Å²) in [6.07, 6.45) is 6.19. The largest absolute Gasteiger partial charge is 0.330 e. The summed E-state index contributed by atoms with van der Waals surface area (Å²) in [5, 5.41) is 0. The molecule has 0 radical (unpaired) electrons. The molecule has 2 aromatic rings. The Labute approximate surface area is 176 Å². The molecule has 1 aliphatic heterocycles. The van der Waals surface area contributed by atoms with Crippen molar-refractivity contribution < 1.29 is 4.79 Å². The second-order valence-corrected chi connectivity index (χ2v) is 8.70. The molecule has 0 atom stereocenters. The van der Waals surface area contributed by atoms with Crippen LogP contribution in [-0.2, 0) is 13.0 Å². The number of piperidine rings is 1. The summed E-state index contributed by atoms with van der Waals surface area (Å²) in [5.74, 6) is 1.04. The van der Waals surface area contributed by atoms with Gasteiger partial charge in [-0.25, -0.2) is 0 Å². The van der Waals surface area contributed by atoms with Gasteiger partial charge in [-0.1, -0.05) is 42.0 Å². The lowest BCUT2D eigenvalue weighted by molar-refractivity contribution is 0.0974. The highest BCUT2D eigenvalue weighted by molar-refractivity contribution is 5.96. The van der Waals surface area contributed by atoms with Gasteiger partial charge in [0.2, 0.25) is 0 Å². The van der Waals surface area contributed by atoms with Gasteiger partial charge in [0.05, 0.1) is 0 Å². The van der Waals surface area contributed by atoms with Gasteiger partial charge in [0.25, 0.3) is 0 Å². The Morgan fingerprint density at radius 3 is 2.48 bits per heavy atom. The minimum Gasteiger partial charge on any atom is -0.330 e. The molecule has 1 saturated heterocycles. The van der Waals surface area contributed by atoms with Crippen molar-refractivity contribution in [3.8, 4) is 0 Å². The van der Waals surface area contributed by atoms with E-state index in [0.29, 0.717) is 13.0 Å². The second kappa shape index (κ2) is 10.7. The third-order valence-electron chi connectivity index (χ3n) is 6.33. The van der Waals surface area contributed by atoms with E-state index in [1.807, 2.05) is 12.1 Å². The van der Waals surface area contributed by atoms with Gasteiger partial charge < -0.3 is 5.73 Å². The number of likely N-dealkylation sites (tertiary alicyclic amines) is 1. The van der Waals surface area contributed by atoms with Crippen LogP contribution in [0.25, 0.3) is 0 Å². The molecule has 0 aromatic heterocycles. The number of rotatable bonds is 9. The minimum absolute atomic E-state index is 0.278. The first-order valence-corrected chi connectivity index (χ1v) is 11.2. The first-order valence-electron chi connectivity index (χ1n) is 11.2. The zero-order valence-electron chi connectivity index (χ0n) is 18.1. The lowest BCUT2D eigenvalue weighted by Crippen LogP contribution is -2.33. The van der Waals surface area contributed by atoms with Gasteiger partial charge in [-0.05, 0) is 94.3 Å². The van der Waals surface area contributed by atoms with Crippen LogP contribution in [0.5, 0.6) is 0 Å². The lowest BCUT2D eigenvalue weighted by atomic mass is 9.90. The molecule has 29 heavy (non-hydrogen) atoms. The highest BCUT2D eigenvalue weighted by Crippen LogP contribution is 2.24. The molecule has 0 saturated carbocycles. The van der Waals surface area contributed by atoms with Crippen LogP contribution in [0, 0.1) is 19.8 Å². The van der Waals surface area contributed by atoms with Gasteiger partial charge in [0.1, 0.15) is 0 Å². The van der Waals surface area contributed by atoms with Crippen molar-refractivity contribution in [1.82, 2.24) is 4.90 Å². The molecule has 1 aliphatic rings. The number of hydrogen-bond donors (Lipinski definition) is 1. The molecule has 0 bridgehead atoms. The molecule has 0 amide bonds. The van der Waals surface area contributed by atoms with Crippen molar-refractivity contribution in [2.24, 2.45) is 11.7 Å². The third kappa shape index (κ3) is 6.52. The smallest absolute Gasteiger partial charge is 0.162 e. The van der Waals surface area contributed by atoms with Crippen molar-refractivity contribution in [3.05, 3.63) is 70.3 Å². The molecular formula is C26H36N2O. The van der Waals surface area contributed by atoms with Crippen molar-refractivity contribution in [2.75, 3.05) is 19.6 Å². The van der Waals surface area contributed by atoms with E-state index in [9.17, 15) is 4.79 Å². The Kier molecular flexibility index (Phi) is 8.02. The number of Topliss-reactive ketones (excluding diaryl/α,β-unsaturated/α-hetero) is 1. The molecule has 3 heteroatoms. The van der Waals surface area contributed by atoms with E-state index >= 15 is 0 Å². The maximum Gasteiger partial charge on any atom is 0.162 e. The van der Waals surface area contributed by atoms with Crippen molar-refractivity contribution in [1.29, 1.82) is 0 Å². The van der Waals surface area contributed by atoms with Crippen LogP contribution >= 0.6 is 0 Å². The second-order valence-electron chi connectivity index (χ2n) is 8.70. The quantitative estimate of drug-likeness (QED) is 0.606. The molecule has 0 unspecified atom stereocenters. The van der Waals surface area contributed by atoms with Crippen LogP contribution in [0.2, 0.25) is 0 Å². The third-order valence-corrected chi connectivity index (χ3v) is 6.33. The van der Waals surface area contributed by atoms with E-state index in [0.717, 1.165) is 30.9 Å². The maximum atomic E-state index is 12.6. The predicted molar refractivity (Wildman–Crippen MR) is 121 cm³/mol. The predicted octanol–water partition coefficient (Wildman–Crippen LogP) is 5.07. The average Bonchev–Trinajstić information content (AvgIpc) is 2.72. The average molecular weight is 393 g/mol. The van der Waals surface area contributed by atoms with Crippen molar-refractivity contribution in [2.45, 2.75) is 58.9 Å². The van der Waals surface area contributed by atoms with Crippen molar-refractivity contribution >= 4 is 5.78 Å². The van der Waals surface area contributed by atoms with Crippen LogP contribution in [0.15, 0.2) is 42.5 Å². The number of nitrogens with zero attached hydrogens (tertiary/aromatic N) is 1. The molecule has 1 heterocycles. The fourth-order valence-electron chi connectivity index (χ4n) is 4.35. The minimum atomic E-state index is 0.278. The Balaban J connectivity index is 1.38. The molecule has 3 nitrogen and oxygen atoms in total. The number of carbonyl (C=O) groups is 1. The number of benzene rings is 2.